The highest BCUT2D eigenvalue weighted by Gasteiger charge is 2.10. The van der Waals surface area contributed by atoms with Crippen LogP contribution in [0.25, 0.3) is 0 Å². The molecule has 1 aromatic carbocycles. The molecule has 1 rings (SSSR count). The van der Waals surface area contributed by atoms with Crippen molar-refractivity contribution in [3.05, 3.63) is 23.2 Å². The molecule has 0 saturated heterocycles. The topological polar surface area (TPSA) is 58.6 Å². The lowest BCUT2D eigenvalue weighted by Gasteiger charge is -2.11. The first-order chi connectivity index (χ1) is 8.04. The fraction of sp³-hybridized carbons (Fsp3) is 0.417. The Balaban J connectivity index is 2.61. The summed E-state index contributed by atoms with van der Waals surface area (Å²) in [5.74, 6) is -0.638. The van der Waals surface area contributed by atoms with Crippen LogP contribution in [0.3, 0.4) is 0 Å². The van der Waals surface area contributed by atoms with Gasteiger partial charge in [0.05, 0.1) is 17.5 Å². The van der Waals surface area contributed by atoms with Crippen LogP contribution in [-0.2, 0) is 4.79 Å². The van der Waals surface area contributed by atoms with Crippen molar-refractivity contribution in [2.45, 2.75) is 13.8 Å². The molecule has 0 aliphatic heterocycles. The Morgan fingerprint density at radius 3 is 2.82 bits per heavy atom. The Morgan fingerprint density at radius 1 is 1.59 bits per heavy atom. The molecule has 0 radical (unpaired) electrons. The molecule has 0 fully saturated rings. The Kier molecular flexibility index (Phi) is 5.10. The van der Waals surface area contributed by atoms with Crippen molar-refractivity contribution in [2.24, 2.45) is 5.92 Å². The largest absolute Gasteiger partial charge is 0.492 e. The fourth-order valence-corrected chi connectivity index (χ4v) is 1.48. The van der Waals surface area contributed by atoms with Crippen molar-refractivity contribution in [1.29, 1.82) is 0 Å². The predicted octanol–water partition coefficient (Wildman–Crippen LogP) is 2.87. The van der Waals surface area contributed by atoms with Crippen LogP contribution in [0.4, 0.5) is 5.69 Å². The zero-order valence-electron chi connectivity index (χ0n) is 9.87. The number of anilines is 1. The van der Waals surface area contributed by atoms with Crippen molar-refractivity contribution >= 4 is 23.3 Å². The van der Waals surface area contributed by atoms with Gasteiger partial charge in [-0.1, -0.05) is 18.5 Å². The third-order valence-electron chi connectivity index (χ3n) is 2.27. The summed E-state index contributed by atoms with van der Waals surface area (Å²) in [4.78, 5) is 10.6. The van der Waals surface area contributed by atoms with Crippen LogP contribution in [-0.4, -0.2) is 24.2 Å². The highest BCUT2D eigenvalue weighted by Crippen LogP contribution is 2.27. The monoisotopic (exact) mass is 257 g/mol. The van der Waals surface area contributed by atoms with Gasteiger partial charge in [-0.2, -0.15) is 0 Å². The zero-order valence-corrected chi connectivity index (χ0v) is 10.6. The third kappa shape index (κ3) is 4.15. The molecule has 0 aliphatic rings. The number of carboxylic acid groups (broad SMARTS) is 1. The fourth-order valence-electron chi connectivity index (χ4n) is 1.24. The zero-order chi connectivity index (χ0) is 12.8. The van der Waals surface area contributed by atoms with E-state index in [9.17, 15) is 4.79 Å². The highest BCUT2D eigenvalue weighted by atomic mass is 35.5. The Morgan fingerprint density at radius 2 is 2.29 bits per heavy atom. The number of nitrogens with one attached hydrogen (secondary N) is 1. The molecule has 0 aromatic heterocycles. The summed E-state index contributed by atoms with van der Waals surface area (Å²) in [5.41, 5.74) is 0.784. The van der Waals surface area contributed by atoms with E-state index in [1.165, 1.54) is 0 Å². The second kappa shape index (κ2) is 6.35. The number of carboxylic acids is 1. The average molecular weight is 258 g/mol. The second-order valence-electron chi connectivity index (χ2n) is 3.70. The molecule has 1 aromatic rings. The summed E-state index contributed by atoms with van der Waals surface area (Å²) >= 11 is 6.00. The lowest BCUT2D eigenvalue weighted by atomic mass is 10.2. The maximum absolute atomic E-state index is 10.6. The van der Waals surface area contributed by atoms with E-state index in [-0.39, 0.29) is 0 Å². The van der Waals surface area contributed by atoms with Crippen LogP contribution >= 0.6 is 11.6 Å². The molecule has 1 atom stereocenters. The molecular formula is C12H16ClNO3. The molecule has 4 nitrogen and oxygen atoms in total. The number of rotatable bonds is 6. The first kappa shape index (κ1) is 13.6. The molecule has 0 bridgehead atoms. The van der Waals surface area contributed by atoms with E-state index >= 15 is 0 Å². The molecule has 0 amide bonds. The van der Waals surface area contributed by atoms with Crippen molar-refractivity contribution in [1.82, 2.24) is 0 Å². The predicted molar refractivity (Wildman–Crippen MR) is 67.9 cm³/mol. The van der Waals surface area contributed by atoms with Gasteiger partial charge in [-0.25, -0.2) is 0 Å². The minimum Gasteiger partial charge on any atom is -0.492 e. The lowest BCUT2D eigenvalue weighted by molar-refractivity contribution is -0.140. The van der Waals surface area contributed by atoms with Gasteiger partial charge >= 0.3 is 5.97 Å². The van der Waals surface area contributed by atoms with Gasteiger partial charge in [0.25, 0.3) is 0 Å². The molecule has 2 N–H and O–H groups in total. The van der Waals surface area contributed by atoms with Gasteiger partial charge in [-0.05, 0) is 25.1 Å². The van der Waals surface area contributed by atoms with E-state index < -0.39 is 11.9 Å². The second-order valence-corrected chi connectivity index (χ2v) is 4.11. The van der Waals surface area contributed by atoms with Crippen LogP contribution < -0.4 is 10.1 Å². The molecule has 0 aliphatic carbocycles. The van der Waals surface area contributed by atoms with Crippen molar-refractivity contribution in [3.63, 3.8) is 0 Å². The normalized spacial score (nSPS) is 11.9. The van der Waals surface area contributed by atoms with Gasteiger partial charge < -0.3 is 15.2 Å². The SMILES string of the molecule is CCOc1ccc(NCC(C)C(=O)O)cc1Cl. The molecular weight excluding hydrogens is 242 g/mol. The highest BCUT2D eigenvalue weighted by molar-refractivity contribution is 6.32. The van der Waals surface area contributed by atoms with Gasteiger partial charge in [-0.15, -0.1) is 0 Å². The Bertz CT molecular complexity index is 395. The number of ether oxygens (including phenoxy) is 1. The quantitative estimate of drug-likeness (QED) is 0.823. The lowest BCUT2D eigenvalue weighted by Crippen LogP contribution is -2.19. The van der Waals surface area contributed by atoms with Crippen molar-refractivity contribution in [3.8, 4) is 5.75 Å². The summed E-state index contributed by atoms with van der Waals surface area (Å²) in [5, 5.41) is 12.3. The Labute approximate surface area is 106 Å². The van der Waals surface area contributed by atoms with Crippen LogP contribution in [0.5, 0.6) is 5.75 Å². The van der Waals surface area contributed by atoms with Crippen LogP contribution in [0, 0.1) is 5.92 Å². The number of halogens is 1. The van der Waals surface area contributed by atoms with E-state index in [1.807, 2.05) is 13.0 Å². The van der Waals surface area contributed by atoms with Gasteiger partial charge in [0.1, 0.15) is 5.75 Å². The van der Waals surface area contributed by atoms with E-state index in [2.05, 4.69) is 5.32 Å². The summed E-state index contributed by atoms with van der Waals surface area (Å²) in [6.45, 7) is 4.45. The van der Waals surface area contributed by atoms with Crippen LogP contribution in [0.15, 0.2) is 18.2 Å². The van der Waals surface area contributed by atoms with Crippen molar-refractivity contribution < 1.29 is 14.6 Å². The maximum Gasteiger partial charge on any atom is 0.308 e. The summed E-state index contributed by atoms with van der Waals surface area (Å²) < 4.78 is 5.30. The molecule has 1 unspecified atom stereocenters. The Hall–Kier alpha value is -1.42. The van der Waals surface area contributed by atoms with Gasteiger partial charge in [0.15, 0.2) is 0 Å². The molecule has 5 heteroatoms. The average Bonchev–Trinajstić information content (AvgIpc) is 2.29. The summed E-state index contributed by atoms with van der Waals surface area (Å²) in [6, 6.07) is 5.30. The number of carbonyl (C=O) groups is 1. The van der Waals surface area contributed by atoms with Crippen molar-refractivity contribution in [2.75, 3.05) is 18.5 Å². The smallest absolute Gasteiger partial charge is 0.308 e. The van der Waals surface area contributed by atoms with Crippen LogP contribution in [0.2, 0.25) is 5.02 Å². The van der Waals surface area contributed by atoms with Gasteiger partial charge in [-0.3, -0.25) is 4.79 Å². The molecule has 0 saturated carbocycles. The molecule has 0 spiro atoms. The molecule has 94 valence electrons. The third-order valence-corrected chi connectivity index (χ3v) is 2.56. The first-order valence-corrected chi connectivity index (χ1v) is 5.81. The van der Waals surface area contributed by atoms with E-state index in [0.29, 0.717) is 23.9 Å². The number of aliphatic carboxylic acids is 1. The standard InChI is InChI=1S/C12H16ClNO3/c1-3-17-11-5-4-9(6-10(11)13)14-7-8(2)12(15)16/h4-6,8,14H,3,7H2,1-2H3,(H,15,16). The van der Waals surface area contributed by atoms with Crippen LogP contribution in [0.1, 0.15) is 13.8 Å². The number of benzene rings is 1. The summed E-state index contributed by atoms with van der Waals surface area (Å²) in [6.07, 6.45) is 0. The minimum atomic E-state index is -0.825. The first-order valence-electron chi connectivity index (χ1n) is 5.43. The van der Waals surface area contributed by atoms with Gasteiger partial charge in [0, 0.05) is 12.2 Å². The molecule has 0 heterocycles. The summed E-state index contributed by atoms with van der Waals surface area (Å²) in [7, 11) is 0. The van der Waals surface area contributed by atoms with Gasteiger partial charge in [0.2, 0.25) is 0 Å². The number of hydrogen-bond acceptors (Lipinski definition) is 3. The maximum atomic E-state index is 10.6. The van der Waals surface area contributed by atoms with E-state index in [1.54, 1.807) is 19.1 Å². The van der Waals surface area contributed by atoms with E-state index in [4.69, 9.17) is 21.4 Å². The minimum absolute atomic E-state index is 0.361. The molecule has 17 heavy (non-hydrogen) atoms. The number of hydrogen-bond donors (Lipinski definition) is 2. The van der Waals surface area contributed by atoms with E-state index in [0.717, 1.165) is 5.69 Å².